The van der Waals surface area contributed by atoms with E-state index in [1.165, 1.54) is 0 Å². The summed E-state index contributed by atoms with van der Waals surface area (Å²) in [5.74, 6) is 0.290. The minimum absolute atomic E-state index is 0.0345. The molecule has 3 saturated carbocycles. The third-order valence-corrected chi connectivity index (χ3v) is 11.6. The van der Waals surface area contributed by atoms with E-state index in [-0.39, 0.29) is 23.4 Å². The van der Waals surface area contributed by atoms with E-state index in [1.807, 2.05) is 48.5 Å². The fraction of sp³-hybridized carbons (Fsp3) is 0.548. The smallest absolute Gasteiger partial charge is 0.464 e. The number of furan rings is 1. The minimum Gasteiger partial charge on any atom is -0.464 e. The molecular formula is C31H38BNO6S. The lowest BCUT2D eigenvalue weighted by Gasteiger charge is -2.64. The molecule has 7 nitrogen and oxygen atoms in total. The first kappa shape index (κ1) is 26.7. The summed E-state index contributed by atoms with van der Waals surface area (Å²) in [6, 6.07) is 15.6. The molecule has 3 aromatic rings. The highest BCUT2D eigenvalue weighted by Crippen LogP contribution is 2.65. The molecule has 9 heteroatoms. The fourth-order valence-corrected chi connectivity index (χ4v) is 9.22. The molecule has 5 aliphatic rings. The minimum atomic E-state index is -3.71. The Labute approximate surface area is 237 Å². The zero-order valence-electron chi connectivity index (χ0n) is 23.5. The van der Waals surface area contributed by atoms with Gasteiger partial charge in [0.05, 0.1) is 35.8 Å². The van der Waals surface area contributed by atoms with Gasteiger partial charge in [-0.3, -0.25) is 0 Å². The summed E-state index contributed by atoms with van der Waals surface area (Å²) >= 11 is 0. The zero-order chi connectivity index (χ0) is 27.7. The molecule has 2 aliphatic heterocycles. The van der Waals surface area contributed by atoms with Crippen molar-refractivity contribution in [1.29, 1.82) is 0 Å². The van der Waals surface area contributed by atoms with Gasteiger partial charge in [-0.15, -0.1) is 0 Å². The van der Waals surface area contributed by atoms with Gasteiger partial charge in [-0.25, -0.2) is 13.1 Å². The highest BCUT2D eigenvalue weighted by molar-refractivity contribution is 7.88. The Kier molecular flexibility index (Phi) is 6.48. The van der Waals surface area contributed by atoms with Gasteiger partial charge in [-0.2, -0.15) is 0 Å². The summed E-state index contributed by atoms with van der Waals surface area (Å²) in [5.41, 5.74) is 3.32. The van der Waals surface area contributed by atoms with E-state index in [2.05, 4.69) is 25.5 Å². The number of hydrogen-bond donors (Lipinski definition) is 1. The van der Waals surface area contributed by atoms with Crippen LogP contribution in [-0.2, 0) is 36.2 Å². The first-order chi connectivity index (χ1) is 19.1. The SMILES string of the molecule is CC1(C)[C@@H]2C[C@H]3OB([C@H](Cc4coc5ccccc45)NS(=O)(=O)Cc4ccc(C5CCCO5)cc4)O[C@@]3(C)[C@H]1C2. The Morgan fingerprint density at radius 3 is 2.62 bits per heavy atom. The number of fused-ring (bicyclic) bond motifs is 1. The van der Waals surface area contributed by atoms with Crippen LogP contribution in [-0.4, -0.2) is 39.8 Å². The quantitative estimate of drug-likeness (QED) is 0.360. The van der Waals surface area contributed by atoms with Crippen molar-refractivity contribution < 1.29 is 26.9 Å². The molecule has 2 saturated heterocycles. The summed E-state index contributed by atoms with van der Waals surface area (Å²) in [5, 5.41) is 0.974. The Morgan fingerprint density at radius 2 is 1.88 bits per heavy atom. The molecule has 8 rings (SSSR count). The van der Waals surface area contributed by atoms with Crippen molar-refractivity contribution in [3.05, 3.63) is 71.5 Å². The molecule has 6 atom stereocenters. The van der Waals surface area contributed by atoms with E-state index in [1.54, 1.807) is 6.26 Å². The van der Waals surface area contributed by atoms with E-state index in [9.17, 15) is 8.42 Å². The van der Waals surface area contributed by atoms with Gasteiger partial charge in [0, 0.05) is 12.0 Å². The molecule has 3 heterocycles. The van der Waals surface area contributed by atoms with Crippen molar-refractivity contribution in [3.8, 4) is 0 Å². The van der Waals surface area contributed by atoms with Crippen molar-refractivity contribution in [3.63, 3.8) is 0 Å². The molecular weight excluding hydrogens is 525 g/mol. The fourth-order valence-electron chi connectivity index (χ4n) is 7.85. The molecule has 212 valence electrons. The molecule has 1 aromatic heterocycles. The zero-order valence-corrected chi connectivity index (χ0v) is 24.3. The molecule has 0 spiro atoms. The number of sulfonamides is 1. The van der Waals surface area contributed by atoms with Gasteiger partial charge >= 0.3 is 7.12 Å². The molecule has 5 fully saturated rings. The summed E-state index contributed by atoms with van der Waals surface area (Å²) in [4.78, 5) is 0. The Hall–Kier alpha value is -2.17. The van der Waals surface area contributed by atoms with E-state index in [0.29, 0.717) is 18.3 Å². The van der Waals surface area contributed by atoms with Crippen LogP contribution in [0.3, 0.4) is 0 Å². The summed E-state index contributed by atoms with van der Waals surface area (Å²) in [6.45, 7) is 7.59. The van der Waals surface area contributed by atoms with Gasteiger partial charge < -0.3 is 18.5 Å². The lowest BCUT2D eigenvalue weighted by molar-refractivity contribution is -0.199. The van der Waals surface area contributed by atoms with Crippen molar-refractivity contribution in [1.82, 2.24) is 4.72 Å². The van der Waals surface area contributed by atoms with Gasteiger partial charge in [0.15, 0.2) is 0 Å². The largest absolute Gasteiger partial charge is 0.477 e. The van der Waals surface area contributed by atoms with Crippen LogP contribution in [0.2, 0.25) is 0 Å². The van der Waals surface area contributed by atoms with Crippen LogP contribution in [0.25, 0.3) is 11.0 Å². The van der Waals surface area contributed by atoms with E-state index >= 15 is 0 Å². The molecule has 1 unspecified atom stereocenters. The van der Waals surface area contributed by atoms with Gasteiger partial charge in [-0.05, 0) is 79.0 Å². The van der Waals surface area contributed by atoms with E-state index < -0.39 is 28.7 Å². The van der Waals surface area contributed by atoms with Crippen molar-refractivity contribution in [2.75, 3.05) is 6.61 Å². The van der Waals surface area contributed by atoms with Crippen molar-refractivity contribution in [2.45, 2.75) is 82.4 Å². The number of nitrogens with one attached hydrogen (secondary N) is 1. The third kappa shape index (κ3) is 4.54. The molecule has 0 radical (unpaired) electrons. The standard InChI is InChI=1S/C31H38BNO6S/c1-30(2)23-16-27(30)31(3)28(17-23)38-32(39-31)29(15-22-18-37-26-8-5-4-7-24(22)26)33-40(34,35)19-20-10-12-21(13-11-20)25-9-6-14-36-25/h4-5,7-8,10-13,18,23,25,27-29,33H,6,9,14-17,19H2,1-3H3/t23-,25?,27-,28+,29-,31-/m0/s1. The maximum atomic E-state index is 13.6. The van der Waals surface area contributed by atoms with Crippen LogP contribution in [0.4, 0.5) is 0 Å². The topological polar surface area (TPSA) is 87.0 Å². The Balaban J connectivity index is 1.13. The summed E-state index contributed by atoms with van der Waals surface area (Å²) in [6.07, 6.45) is 6.34. The van der Waals surface area contributed by atoms with Gasteiger partial charge in [-0.1, -0.05) is 56.3 Å². The van der Waals surface area contributed by atoms with Crippen molar-refractivity contribution >= 4 is 28.1 Å². The van der Waals surface area contributed by atoms with Gasteiger partial charge in [0.1, 0.15) is 5.58 Å². The molecule has 40 heavy (non-hydrogen) atoms. The summed E-state index contributed by atoms with van der Waals surface area (Å²) in [7, 11) is -4.39. The highest BCUT2D eigenvalue weighted by Gasteiger charge is 2.68. The molecule has 2 bridgehead atoms. The number of ether oxygens (including phenoxy) is 1. The second kappa shape index (κ2) is 9.70. The average Bonchev–Trinajstić information content (AvgIpc) is 3.67. The molecule has 1 N–H and O–H groups in total. The second-order valence-electron chi connectivity index (χ2n) is 13.0. The number of rotatable bonds is 8. The van der Waals surface area contributed by atoms with Crippen LogP contribution in [0, 0.1) is 17.3 Å². The second-order valence-corrected chi connectivity index (χ2v) is 14.8. The van der Waals surface area contributed by atoms with Crippen LogP contribution in [0.1, 0.15) is 69.2 Å². The first-order valence-corrected chi connectivity index (χ1v) is 16.3. The molecule has 0 amide bonds. The maximum Gasteiger partial charge on any atom is 0.477 e. The number of benzene rings is 2. The van der Waals surface area contributed by atoms with Crippen LogP contribution < -0.4 is 4.72 Å². The Morgan fingerprint density at radius 1 is 1.07 bits per heavy atom. The monoisotopic (exact) mass is 563 g/mol. The predicted octanol–water partition coefficient (Wildman–Crippen LogP) is 5.58. The van der Waals surface area contributed by atoms with Gasteiger partial charge in [0.2, 0.25) is 10.0 Å². The lowest BCUT2D eigenvalue weighted by atomic mass is 9.43. The number of para-hydroxylation sites is 1. The van der Waals surface area contributed by atoms with Gasteiger partial charge in [0.25, 0.3) is 0 Å². The normalized spacial score (nSPS) is 31.7. The molecule has 3 aliphatic carbocycles. The third-order valence-electron chi connectivity index (χ3n) is 10.3. The Bertz CT molecular complexity index is 1500. The van der Waals surface area contributed by atoms with Crippen LogP contribution in [0.5, 0.6) is 0 Å². The first-order valence-electron chi connectivity index (χ1n) is 14.6. The van der Waals surface area contributed by atoms with E-state index in [0.717, 1.165) is 59.9 Å². The van der Waals surface area contributed by atoms with Crippen LogP contribution in [0.15, 0.2) is 59.2 Å². The molecule has 2 aromatic carbocycles. The lowest BCUT2D eigenvalue weighted by Crippen LogP contribution is -2.65. The average molecular weight is 564 g/mol. The van der Waals surface area contributed by atoms with Crippen molar-refractivity contribution in [2.24, 2.45) is 17.3 Å². The van der Waals surface area contributed by atoms with Crippen LogP contribution >= 0.6 is 0 Å². The predicted molar refractivity (Wildman–Crippen MR) is 154 cm³/mol. The summed E-state index contributed by atoms with van der Waals surface area (Å²) < 4.78 is 55.0. The maximum absolute atomic E-state index is 13.6. The highest BCUT2D eigenvalue weighted by atomic mass is 32.2. The number of hydrogen-bond acceptors (Lipinski definition) is 6. The van der Waals surface area contributed by atoms with E-state index in [4.69, 9.17) is 18.5 Å².